The summed E-state index contributed by atoms with van der Waals surface area (Å²) in [6.45, 7) is 6.03. The van der Waals surface area contributed by atoms with E-state index in [1.807, 2.05) is 6.92 Å². The van der Waals surface area contributed by atoms with Crippen molar-refractivity contribution in [3.8, 4) is 0 Å². The number of rotatable bonds is 27. The minimum atomic E-state index is -0.345. The van der Waals surface area contributed by atoms with Gasteiger partial charge in [-0.1, -0.05) is 96.8 Å². The van der Waals surface area contributed by atoms with E-state index in [0.29, 0.717) is 39.0 Å². The molecule has 0 heterocycles. The van der Waals surface area contributed by atoms with Gasteiger partial charge in [-0.3, -0.25) is 14.4 Å². The third-order valence-corrected chi connectivity index (χ3v) is 7.95. The molecule has 0 aromatic carbocycles. The largest absolute Gasteiger partial charge is 0.460 e. The van der Waals surface area contributed by atoms with Crippen molar-refractivity contribution in [2.75, 3.05) is 26.9 Å². The molecule has 1 rings (SSSR count). The van der Waals surface area contributed by atoms with Crippen LogP contribution in [0.25, 0.3) is 0 Å². The van der Waals surface area contributed by atoms with E-state index in [-0.39, 0.29) is 48.9 Å². The number of nitrogens with one attached hydrogen (secondary N) is 2. The molecule has 0 saturated heterocycles. The third kappa shape index (κ3) is 20.8. The summed E-state index contributed by atoms with van der Waals surface area (Å²) in [6, 6.07) is -0.120. The molecule has 0 bridgehead atoms. The fourth-order valence-corrected chi connectivity index (χ4v) is 5.48. The predicted molar refractivity (Wildman–Crippen MR) is 165 cm³/mol. The summed E-state index contributed by atoms with van der Waals surface area (Å²) in [7, 11) is 1.61. The molecule has 41 heavy (non-hydrogen) atoms. The van der Waals surface area contributed by atoms with Crippen LogP contribution in [0, 0.1) is 0 Å². The molecule has 3 unspecified atom stereocenters. The van der Waals surface area contributed by atoms with Crippen LogP contribution in [-0.4, -0.2) is 62.9 Å². The second-order valence-electron chi connectivity index (χ2n) is 11.6. The maximum absolute atomic E-state index is 12.4. The fourth-order valence-electron chi connectivity index (χ4n) is 5.48. The van der Waals surface area contributed by atoms with Crippen molar-refractivity contribution < 1.29 is 28.6 Å². The molecule has 2 N–H and O–H groups in total. The normalized spacial score (nSPS) is 18.4. The number of hydrogen-bond donors (Lipinski definition) is 2. The van der Waals surface area contributed by atoms with Gasteiger partial charge in [-0.15, -0.1) is 0 Å². The minimum Gasteiger partial charge on any atom is -0.460 e. The van der Waals surface area contributed by atoms with Gasteiger partial charge in [-0.25, -0.2) is 0 Å². The fraction of sp³-hybridized carbons (Fsp3) is 0.909. The first kappa shape index (κ1) is 37.4. The van der Waals surface area contributed by atoms with Crippen molar-refractivity contribution in [1.82, 2.24) is 10.6 Å². The maximum Gasteiger partial charge on any atom is 0.306 e. The highest BCUT2D eigenvalue weighted by Gasteiger charge is 2.37. The van der Waals surface area contributed by atoms with Gasteiger partial charge in [0.05, 0.1) is 6.10 Å². The lowest BCUT2D eigenvalue weighted by Crippen LogP contribution is -2.34. The Morgan fingerprint density at radius 1 is 0.659 bits per heavy atom. The summed E-state index contributed by atoms with van der Waals surface area (Å²) in [6.07, 6.45) is 21.5. The smallest absolute Gasteiger partial charge is 0.306 e. The summed E-state index contributed by atoms with van der Waals surface area (Å²) < 4.78 is 16.5. The Morgan fingerprint density at radius 3 is 1.76 bits per heavy atom. The zero-order valence-electron chi connectivity index (χ0n) is 26.7. The number of methoxy groups -OCH3 is 1. The average Bonchev–Trinajstić information content (AvgIpc) is 3.34. The van der Waals surface area contributed by atoms with Crippen molar-refractivity contribution in [2.45, 2.75) is 167 Å². The quantitative estimate of drug-likeness (QED) is 0.0818. The second kappa shape index (κ2) is 26.0. The summed E-state index contributed by atoms with van der Waals surface area (Å²) in [4.78, 5) is 36.7. The highest BCUT2D eigenvalue weighted by molar-refractivity contribution is 5.83. The van der Waals surface area contributed by atoms with E-state index in [2.05, 4.69) is 17.6 Å². The maximum atomic E-state index is 12.4. The Kier molecular flexibility index (Phi) is 23.7. The summed E-state index contributed by atoms with van der Waals surface area (Å²) in [5, 5.41) is 5.78. The zero-order valence-corrected chi connectivity index (χ0v) is 26.7. The van der Waals surface area contributed by atoms with Crippen LogP contribution in [0.2, 0.25) is 0 Å². The molecule has 1 aliphatic carbocycles. The van der Waals surface area contributed by atoms with E-state index in [1.165, 1.54) is 83.5 Å². The van der Waals surface area contributed by atoms with E-state index in [0.717, 1.165) is 19.3 Å². The highest BCUT2D eigenvalue weighted by Crippen LogP contribution is 2.26. The summed E-state index contributed by atoms with van der Waals surface area (Å²) >= 11 is 0. The molecule has 240 valence electrons. The van der Waals surface area contributed by atoms with Gasteiger partial charge in [-0.2, -0.15) is 0 Å². The second-order valence-corrected chi connectivity index (χ2v) is 11.6. The van der Waals surface area contributed by atoms with E-state index >= 15 is 0 Å². The number of ether oxygens (including phenoxy) is 3. The van der Waals surface area contributed by atoms with Gasteiger partial charge in [0.1, 0.15) is 6.10 Å². The average molecular weight is 583 g/mol. The molecule has 1 fully saturated rings. The van der Waals surface area contributed by atoms with Crippen molar-refractivity contribution >= 4 is 17.8 Å². The first-order valence-electron chi connectivity index (χ1n) is 16.9. The van der Waals surface area contributed by atoms with Crippen LogP contribution in [0.15, 0.2) is 0 Å². The molecule has 3 atom stereocenters. The van der Waals surface area contributed by atoms with Gasteiger partial charge in [0.2, 0.25) is 11.8 Å². The number of amides is 2. The van der Waals surface area contributed by atoms with Gasteiger partial charge >= 0.3 is 5.97 Å². The molecular weight excluding hydrogens is 520 g/mol. The van der Waals surface area contributed by atoms with Crippen LogP contribution in [0.5, 0.6) is 0 Å². The van der Waals surface area contributed by atoms with Crippen LogP contribution in [-0.2, 0) is 28.6 Å². The molecule has 0 aliphatic heterocycles. The summed E-state index contributed by atoms with van der Waals surface area (Å²) in [5.74, 6) is -0.484. The number of carbonyl (C=O) groups is 3. The third-order valence-electron chi connectivity index (χ3n) is 7.95. The number of hydrogen-bond acceptors (Lipinski definition) is 6. The molecule has 0 spiro atoms. The Bertz CT molecular complexity index is 674. The molecule has 2 amide bonds. The van der Waals surface area contributed by atoms with Gasteiger partial charge in [0.15, 0.2) is 0 Å². The molecular formula is C33H62N2O6. The van der Waals surface area contributed by atoms with Gasteiger partial charge < -0.3 is 24.8 Å². The number of unbranched alkanes of at least 4 members (excludes halogenated alkanes) is 14. The molecule has 0 radical (unpaired) electrons. The van der Waals surface area contributed by atoms with E-state index < -0.39 is 0 Å². The molecule has 1 aliphatic rings. The van der Waals surface area contributed by atoms with Crippen LogP contribution in [0.3, 0.4) is 0 Å². The first-order chi connectivity index (χ1) is 20.0. The highest BCUT2D eigenvalue weighted by atomic mass is 16.6. The van der Waals surface area contributed by atoms with Crippen molar-refractivity contribution in [2.24, 2.45) is 0 Å². The Morgan fingerprint density at radius 2 is 1.20 bits per heavy atom. The SMILES string of the molecule is CCCCCCCCCCCCCCCCCC(=O)OC1CC(NC(=O)CCC(=O)NCCCOCC)CC1OC. The van der Waals surface area contributed by atoms with Gasteiger partial charge in [0.25, 0.3) is 0 Å². The lowest BCUT2D eigenvalue weighted by atomic mass is 10.0. The standard InChI is InChI=1S/C33H62N2O6/c1-4-6-7-8-9-10-11-12-13-14-15-16-17-18-19-21-33(38)41-30-27-28(26-29(30)39-3)35-32(37)23-22-31(36)34-24-20-25-40-5-2/h28-30H,4-27H2,1-3H3,(H,34,36)(H,35,37). The predicted octanol–water partition coefficient (Wildman–Crippen LogP) is 6.78. The molecule has 0 aromatic heterocycles. The van der Waals surface area contributed by atoms with Crippen LogP contribution >= 0.6 is 0 Å². The van der Waals surface area contributed by atoms with Gasteiger partial charge in [0, 0.05) is 58.6 Å². The Balaban J connectivity index is 2.05. The van der Waals surface area contributed by atoms with Crippen LogP contribution in [0.4, 0.5) is 0 Å². The van der Waals surface area contributed by atoms with E-state index in [9.17, 15) is 14.4 Å². The topological polar surface area (TPSA) is 103 Å². The molecule has 0 aromatic rings. The lowest BCUT2D eigenvalue weighted by Gasteiger charge is -2.18. The lowest BCUT2D eigenvalue weighted by molar-refractivity contribution is -0.154. The number of esters is 1. The number of carbonyl (C=O) groups excluding carboxylic acids is 3. The summed E-state index contributed by atoms with van der Waals surface area (Å²) in [5.41, 5.74) is 0. The minimum absolute atomic E-state index is 0.120. The Hall–Kier alpha value is -1.67. The van der Waals surface area contributed by atoms with Crippen LogP contribution < -0.4 is 10.6 Å². The van der Waals surface area contributed by atoms with E-state index in [1.54, 1.807) is 7.11 Å². The van der Waals surface area contributed by atoms with Crippen molar-refractivity contribution in [3.05, 3.63) is 0 Å². The van der Waals surface area contributed by atoms with Gasteiger partial charge in [-0.05, 0) is 26.2 Å². The first-order valence-corrected chi connectivity index (χ1v) is 16.9. The zero-order chi connectivity index (χ0) is 30.0. The molecule has 1 saturated carbocycles. The molecule has 8 heteroatoms. The van der Waals surface area contributed by atoms with Crippen LogP contribution in [0.1, 0.15) is 149 Å². The monoisotopic (exact) mass is 582 g/mol. The van der Waals surface area contributed by atoms with Crippen molar-refractivity contribution in [3.63, 3.8) is 0 Å². The van der Waals surface area contributed by atoms with Crippen molar-refractivity contribution in [1.29, 1.82) is 0 Å². The van der Waals surface area contributed by atoms with E-state index in [4.69, 9.17) is 14.2 Å². The Labute approximate surface area is 250 Å². The molecule has 8 nitrogen and oxygen atoms in total.